The van der Waals surface area contributed by atoms with Crippen molar-refractivity contribution in [1.29, 1.82) is 0 Å². The number of methoxy groups -OCH3 is 1. The smallest absolute Gasteiger partial charge is 0.271 e. The lowest BCUT2D eigenvalue weighted by atomic mass is 10.2. The molecule has 0 bridgehead atoms. The molecular formula is C17H17N3O3S2. The first-order valence-electron chi connectivity index (χ1n) is 7.46. The molecule has 3 rings (SSSR count). The van der Waals surface area contributed by atoms with Gasteiger partial charge < -0.3 is 10.1 Å². The molecule has 2 N–H and O–H groups in total. The Bertz CT molecular complexity index is 907. The number of pyridine rings is 1. The van der Waals surface area contributed by atoms with Crippen LogP contribution in [0, 0.1) is 0 Å². The van der Waals surface area contributed by atoms with E-state index < -0.39 is 10.0 Å². The molecule has 0 fully saturated rings. The van der Waals surface area contributed by atoms with Gasteiger partial charge in [0.25, 0.3) is 10.0 Å². The van der Waals surface area contributed by atoms with Gasteiger partial charge in [0.2, 0.25) is 0 Å². The normalized spacial score (nSPS) is 11.1. The first-order valence-corrected chi connectivity index (χ1v) is 9.82. The van der Waals surface area contributed by atoms with E-state index in [0.717, 1.165) is 11.3 Å². The van der Waals surface area contributed by atoms with E-state index in [2.05, 4.69) is 15.0 Å². The number of aromatic nitrogens is 1. The summed E-state index contributed by atoms with van der Waals surface area (Å²) >= 11 is 1.17. The van der Waals surface area contributed by atoms with Gasteiger partial charge in [-0.1, -0.05) is 18.2 Å². The third kappa shape index (κ3) is 4.49. The molecule has 8 heteroatoms. The van der Waals surface area contributed by atoms with Crippen molar-refractivity contribution in [3.05, 3.63) is 65.7 Å². The lowest BCUT2D eigenvalue weighted by molar-refractivity contribution is 0.414. The van der Waals surface area contributed by atoms with E-state index in [1.807, 2.05) is 24.3 Å². The Labute approximate surface area is 150 Å². The van der Waals surface area contributed by atoms with Crippen LogP contribution in [0.3, 0.4) is 0 Å². The third-order valence-corrected chi connectivity index (χ3v) is 6.19. The molecule has 1 aromatic carbocycles. The quantitative estimate of drug-likeness (QED) is 0.660. The van der Waals surface area contributed by atoms with Gasteiger partial charge in [-0.25, -0.2) is 13.4 Å². The number of thiophene rings is 1. The predicted molar refractivity (Wildman–Crippen MR) is 99.7 cm³/mol. The molecule has 0 aliphatic rings. The summed E-state index contributed by atoms with van der Waals surface area (Å²) in [6, 6.07) is 14.4. The molecule has 0 unspecified atom stereocenters. The Hall–Kier alpha value is -2.58. The molecule has 0 atom stereocenters. The summed E-state index contributed by atoms with van der Waals surface area (Å²) in [5.41, 5.74) is 1.51. The summed E-state index contributed by atoms with van der Waals surface area (Å²) in [5, 5.41) is 4.91. The molecule has 2 aromatic heterocycles. The maximum Gasteiger partial charge on any atom is 0.271 e. The molecule has 0 amide bonds. The molecule has 6 nitrogen and oxygen atoms in total. The van der Waals surface area contributed by atoms with Crippen LogP contribution < -0.4 is 14.8 Å². The van der Waals surface area contributed by atoms with Crippen molar-refractivity contribution in [3.63, 3.8) is 0 Å². The average molecular weight is 375 g/mol. The Morgan fingerprint density at radius 1 is 1.12 bits per heavy atom. The molecule has 0 radical (unpaired) electrons. The van der Waals surface area contributed by atoms with Crippen LogP contribution in [0.1, 0.15) is 5.56 Å². The van der Waals surface area contributed by atoms with E-state index in [1.54, 1.807) is 36.8 Å². The number of benzene rings is 1. The van der Waals surface area contributed by atoms with Crippen LogP contribution in [0.4, 0.5) is 11.5 Å². The van der Waals surface area contributed by atoms with Gasteiger partial charge >= 0.3 is 0 Å². The topological polar surface area (TPSA) is 80.3 Å². The number of rotatable bonds is 7. The maximum atomic E-state index is 12.2. The minimum absolute atomic E-state index is 0.272. The van der Waals surface area contributed by atoms with Gasteiger partial charge in [-0.2, -0.15) is 0 Å². The number of nitrogens with one attached hydrogen (secondary N) is 2. The second-order valence-corrected chi connectivity index (χ2v) is 8.03. The Morgan fingerprint density at radius 2 is 1.92 bits per heavy atom. The van der Waals surface area contributed by atoms with E-state index in [9.17, 15) is 8.42 Å². The highest BCUT2D eigenvalue weighted by Gasteiger charge is 2.15. The van der Waals surface area contributed by atoms with E-state index >= 15 is 0 Å². The van der Waals surface area contributed by atoms with Crippen molar-refractivity contribution < 1.29 is 13.2 Å². The molecule has 3 aromatic rings. The summed E-state index contributed by atoms with van der Waals surface area (Å²) in [4.78, 5) is 4.23. The highest BCUT2D eigenvalue weighted by Crippen LogP contribution is 2.20. The molecule has 0 saturated heterocycles. The van der Waals surface area contributed by atoms with Crippen LogP contribution in [0.15, 0.2) is 64.3 Å². The fourth-order valence-corrected chi connectivity index (χ4v) is 4.15. The van der Waals surface area contributed by atoms with E-state index in [1.165, 1.54) is 17.5 Å². The third-order valence-electron chi connectivity index (χ3n) is 3.41. The largest absolute Gasteiger partial charge is 0.497 e. The monoisotopic (exact) mass is 375 g/mol. The van der Waals surface area contributed by atoms with Gasteiger partial charge in [0.15, 0.2) is 0 Å². The van der Waals surface area contributed by atoms with Crippen molar-refractivity contribution in [3.8, 4) is 5.75 Å². The zero-order chi connectivity index (χ0) is 17.7. The lowest BCUT2D eigenvalue weighted by Gasteiger charge is -2.09. The number of hydrogen-bond acceptors (Lipinski definition) is 6. The molecule has 0 aliphatic heterocycles. The number of anilines is 2. The van der Waals surface area contributed by atoms with Crippen molar-refractivity contribution in [1.82, 2.24) is 4.98 Å². The fourth-order valence-electron chi connectivity index (χ4n) is 2.12. The van der Waals surface area contributed by atoms with Gasteiger partial charge in [-0.15, -0.1) is 11.3 Å². The van der Waals surface area contributed by atoms with Crippen LogP contribution in [0.5, 0.6) is 5.75 Å². The van der Waals surface area contributed by atoms with Gasteiger partial charge in [-0.3, -0.25) is 4.72 Å². The number of nitrogens with zero attached hydrogens (tertiary/aromatic N) is 1. The minimum Gasteiger partial charge on any atom is -0.497 e. The number of hydrogen-bond donors (Lipinski definition) is 2. The van der Waals surface area contributed by atoms with E-state index in [0.29, 0.717) is 18.1 Å². The molecule has 0 spiro atoms. The van der Waals surface area contributed by atoms with Gasteiger partial charge in [0.05, 0.1) is 19.0 Å². The van der Waals surface area contributed by atoms with Crippen molar-refractivity contribution in [2.24, 2.45) is 0 Å². The summed E-state index contributed by atoms with van der Waals surface area (Å²) in [6.45, 7) is 0.608. The second kappa shape index (κ2) is 7.54. The highest BCUT2D eigenvalue weighted by atomic mass is 32.2. The van der Waals surface area contributed by atoms with Gasteiger partial charge in [0.1, 0.15) is 15.8 Å². The van der Waals surface area contributed by atoms with E-state index in [-0.39, 0.29) is 4.21 Å². The first kappa shape index (κ1) is 17.2. The fraction of sp³-hybridized carbons (Fsp3) is 0.118. The Morgan fingerprint density at radius 3 is 2.52 bits per heavy atom. The number of sulfonamides is 1. The number of ether oxygens (including phenoxy) is 1. The lowest BCUT2D eigenvalue weighted by Crippen LogP contribution is -2.11. The van der Waals surface area contributed by atoms with Crippen LogP contribution in [-0.2, 0) is 16.6 Å². The molecule has 2 heterocycles. The summed E-state index contributed by atoms with van der Waals surface area (Å²) in [7, 11) is -1.92. The van der Waals surface area contributed by atoms with Crippen molar-refractivity contribution in [2.45, 2.75) is 10.8 Å². The molecule has 25 heavy (non-hydrogen) atoms. The summed E-state index contributed by atoms with van der Waals surface area (Å²) < 4.78 is 32.2. The highest BCUT2D eigenvalue weighted by molar-refractivity contribution is 7.94. The van der Waals surface area contributed by atoms with Gasteiger partial charge in [-0.05, 0) is 41.3 Å². The SMILES string of the molecule is COc1ccc(CNc2ccc(NS(=O)(=O)c3cccs3)cn2)cc1. The predicted octanol–water partition coefficient (Wildman–Crippen LogP) is 3.56. The van der Waals surface area contributed by atoms with Gasteiger partial charge in [0, 0.05) is 6.54 Å². The molecule has 0 aliphatic carbocycles. The van der Waals surface area contributed by atoms with E-state index in [4.69, 9.17) is 4.74 Å². The van der Waals surface area contributed by atoms with Crippen molar-refractivity contribution in [2.75, 3.05) is 17.1 Å². The summed E-state index contributed by atoms with van der Waals surface area (Å²) in [5.74, 6) is 1.47. The minimum atomic E-state index is -3.55. The van der Waals surface area contributed by atoms with Crippen LogP contribution >= 0.6 is 11.3 Å². The Balaban J connectivity index is 1.60. The van der Waals surface area contributed by atoms with Crippen LogP contribution in [0.25, 0.3) is 0 Å². The molecule has 130 valence electrons. The zero-order valence-electron chi connectivity index (χ0n) is 13.5. The maximum absolute atomic E-state index is 12.2. The second-order valence-electron chi connectivity index (χ2n) is 5.17. The van der Waals surface area contributed by atoms with Crippen LogP contribution in [0.2, 0.25) is 0 Å². The average Bonchev–Trinajstić information content (AvgIpc) is 3.17. The standard InChI is InChI=1S/C17H17N3O3S2/c1-23-15-7-4-13(5-8-15)11-18-16-9-6-14(12-19-16)20-25(21,22)17-3-2-10-24-17/h2-10,12,20H,11H2,1H3,(H,18,19). The van der Waals surface area contributed by atoms with Crippen LogP contribution in [-0.4, -0.2) is 20.5 Å². The molecule has 0 saturated carbocycles. The Kier molecular flexibility index (Phi) is 5.20. The zero-order valence-corrected chi connectivity index (χ0v) is 15.1. The molecular weight excluding hydrogens is 358 g/mol. The van der Waals surface area contributed by atoms with Crippen molar-refractivity contribution >= 4 is 32.9 Å². The first-order chi connectivity index (χ1) is 12.1. The summed E-state index contributed by atoms with van der Waals surface area (Å²) in [6.07, 6.45) is 1.49.